The highest BCUT2D eigenvalue weighted by Crippen LogP contribution is 2.43. The fourth-order valence-electron chi connectivity index (χ4n) is 2.56. The van der Waals surface area contributed by atoms with Crippen LogP contribution in [0.2, 0.25) is 0 Å². The van der Waals surface area contributed by atoms with Crippen molar-refractivity contribution in [3.8, 4) is 0 Å². The number of hydrogen-bond acceptors (Lipinski definition) is 2. The Morgan fingerprint density at radius 2 is 2.07 bits per heavy atom. The van der Waals surface area contributed by atoms with Crippen LogP contribution in [0.15, 0.2) is 24.3 Å². The monoisotopic (exact) mass is 188 g/mol. The van der Waals surface area contributed by atoms with Gasteiger partial charge >= 0.3 is 0 Å². The van der Waals surface area contributed by atoms with Crippen LogP contribution in [-0.4, -0.2) is 30.9 Å². The van der Waals surface area contributed by atoms with Crippen LogP contribution in [-0.2, 0) is 10.2 Å². The lowest BCUT2D eigenvalue weighted by Gasteiger charge is -2.44. The van der Waals surface area contributed by atoms with Crippen molar-refractivity contribution in [2.24, 2.45) is 0 Å². The fourth-order valence-corrected chi connectivity index (χ4v) is 2.56. The van der Waals surface area contributed by atoms with Gasteiger partial charge in [0.25, 0.3) is 0 Å². The quantitative estimate of drug-likeness (QED) is 0.653. The molecule has 2 heterocycles. The lowest BCUT2D eigenvalue weighted by atomic mass is 9.75. The van der Waals surface area contributed by atoms with Gasteiger partial charge in [-0.25, -0.2) is 0 Å². The summed E-state index contributed by atoms with van der Waals surface area (Å²) in [7, 11) is 2.04. The predicted molar refractivity (Wildman–Crippen MR) is 54.2 cm³/mol. The molecule has 3 nitrogen and oxygen atoms in total. The number of nitrogens with one attached hydrogen (secondary N) is 1. The topological polar surface area (TPSA) is 32.3 Å². The second-order valence-electron chi connectivity index (χ2n) is 4.25. The molecule has 0 radical (unpaired) electrons. The molecule has 0 saturated carbocycles. The van der Waals surface area contributed by atoms with Gasteiger partial charge in [0.05, 0.1) is 0 Å². The Labute approximate surface area is 82.7 Å². The lowest BCUT2D eigenvalue weighted by molar-refractivity contribution is -0.126. The Hall–Kier alpha value is -1.35. The van der Waals surface area contributed by atoms with Gasteiger partial charge in [-0.15, -0.1) is 0 Å². The van der Waals surface area contributed by atoms with Gasteiger partial charge in [0.2, 0.25) is 5.91 Å². The van der Waals surface area contributed by atoms with E-state index in [0.29, 0.717) is 0 Å². The first-order chi connectivity index (χ1) is 6.72. The molecule has 14 heavy (non-hydrogen) atoms. The molecule has 0 aliphatic carbocycles. The standard InChI is InChI=1S/C11H12N2O/c1-13-6-11(7-13)8-4-2-3-5-9(8)12-10(11)14/h2-5H,6-7H2,1H3,(H,12,14). The summed E-state index contributed by atoms with van der Waals surface area (Å²) in [6.45, 7) is 1.69. The second kappa shape index (κ2) is 2.36. The molecule has 3 heteroatoms. The largest absolute Gasteiger partial charge is 0.325 e. The van der Waals surface area contributed by atoms with E-state index in [1.807, 2.05) is 25.2 Å². The van der Waals surface area contributed by atoms with E-state index in [1.165, 1.54) is 5.56 Å². The van der Waals surface area contributed by atoms with Gasteiger partial charge in [-0.05, 0) is 18.7 Å². The third kappa shape index (κ3) is 0.780. The van der Waals surface area contributed by atoms with E-state index >= 15 is 0 Å². The number of nitrogens with zero attached hydrogens (tertiary/aromatic N) is 1. The summed E-state index contributed by atoms with van der Waals surface area (Å²) in [4.78, 5) is 14.0. The molecule has 1 aromatic carbocycles. The summed E-state index contributed by atoms with van der Waals surface area (Å²) in [6, 6.07) is 7.99. The van der Waals surface area contributed by atoms with E-state index in [4.69, 9.17) is 0 Å². The Bertz CT molecular complexity index is 408. The van der Waals surface area contributed by atoms with Crippen molar-refractivity contribution < 1.29 is 4.79 Å². The summed E-state index contributed by atoms with van der Waals surface area (Å²) in [5.41, 5.74) is 1.92. The normalized spacial score (nSPS) is 23.1. The van der Waals surface area contributed by atoms with E-state index in [1.54, 1.807) is 0 Å². The predicted octanol–water partition coefficient (Wildman–Crippen LogP) is 0.822. The summed E-state index contributed by atoms with van der Waals surface area (Å²) in [6.07, 6.45) is 0. The molecule has 0 aromatic heterocycles. The van der Waals surface area contributed by atoms with Crippen LogP contribution in [0.3, 0.4) is 0 Å². The number of carbonyl (C=O) groups is 1. The zero-order valence-corrected chi connectivity index (χ0v) is 8.08. The fraction of sp³-hybridized carbons (Fsp3) is 0.364. The Balaban J connectivity index is 2.12. The van der Waals surface area contributed by atoms with E-state index in [9.17, 15) is 4.79 Å². The minimum atomic E-state index is -0.245. The van der Waals surface area contributed by atoms with Gasteiger partial charge in [0, 0.05) is 18.8 Å². The first-order valence-electron chi connectivity index (χ1n) is 4.82. The van der Waals surface area contributed by atoms with Crippen LogP contribution in [0, 0.1) is 0 Å². The molecule has 0 bridgehead atoms. The molecule has 0 unspecified atom stereocenters. The number of hydrogen-bond donors (Lipinski definition) is 1. The van der Waals surface area contributed by atoms with Crippen LogP contribution < -0.4 is 5.32 Å². The molecule has 1 spiro atoms. The lowest BCUT2D eigenvalue weighted by Crippen LogP contribution is -2.61. The van der Waals surface area contributed by atoms with Crippen molar-refractivity contribution in [2.75, 3.05) is 25.5 Å². The number of amides is 1. The van der Waals surface area contributed by atoms with Gasteiger partial charge < -0.3 is 10.2 Å². The van der Waals surface area contributed by atoms with Crippen LogP contribution in [0.1, 0.15) is 5.56 Å². The van der Waals surface area contributed by atoms with Gasteiger partial charge in [-0.1, -0.05) is 18.2 Å². The zero-order valence-electron chi connectivity index (χ0n) is 8.08. The van der Waals surface area contributed by atoms with Gasteiger partial charge in [0.1, 0.15) is 5.41 Å². The molecule has 1 saturated heterocycles. The van der Waals surface area contributed by atoms with Gasteiger partial charge in [0.15, 0.2) is 0 Å². The van der Waals surface area contributed by atoms with E-state index in [-0.39, 0.29) is 11.3 Å². The Morgan fingerprint density at radius 3 is 2.79 bits per heavy atom. The maximum atomic E-state index is 11.8. The van der Waals surface area contributed by atoms with Gasteiger partial charge in [-0.3, -0.25) is 4.79 Å². The molecule has 3 rings (SSSR count). The van der Waals surface area contributed by atoms with E-state index < -0.39 is 0 Å². The Kier molecular flexibility index (Phi) is 1.35. The van der Waals surface area contributed by atoms with E-state index in [2.05, 4.69) is 16.3 Å². The van der Waals surface area contributed by atoms with Gasteiger partial charge in [-0.2, -0.15) is 0 Å². The Morgan fingerprint density at radius 1 is 1.36 bits per heavy atom. The summed E-state index contributed by atoms with van der Waals surface area (Å²) >= 11 is 0. The number of carbonyl (C=O) groups excluding carboxylic acids is 1. The molecule has 2 aliphatic rings. The molecule has 72 valence electrons. The van der Waals surface area contributed by atoms with Crippen molar-refractivity contribution in [2.45, 2.75) is 5.41 Å². The number of likely N-dealkylation sites (N-methyl/N-ethyl adjacent to an activating group) is 1. The number of fused-ring (bicyclic) bond motifs is 2. The van der Waals surface area contributed by atoms with Crippen LogP contribution in [0.4, 0.5) is 5.69 Å². The number of benzene rings is 1. The van der Waals surface area contributed by atoms with Crippen molar-refractivity contribution in [3.05, 3.63) is 29.8 Å². The van der Waals surface area contributed by atoms with Crippen molar-refractivity contribution in [3.63, 3.8) is 0 Å². The maximum Gasteiger partial charge on any atom is 0.237 e. The molecule has 1 fully saturated rings. The molecule has 1 N–H and O–H groups in total. The third-order valence-corrected chi connectivity index (χ3v) is 3.21. The smallest absolute Gasteiger partial charge is 0.237 e. The molecule has 1 aromatic rings. The minimum Gasteiger partial charge on any atom is -0.325 e. The minimum absolute atomic E-state index is 0.164. The molecular weight excluding hydrogens is 176 g/mol. The third-order valence-electron chi connectivity index (χ3n) is 3.21. The van der Waals surface area contributed by atoms with Crippen molar-refractivity contribution in [1.82, 2.24) is 4.90 Å². The average Bonchev–Trinajstić information content (AvgIpc) is 2.40. The summed E-state index contributed by atoms with van der Waals surface area (Å²) in [5.74, 6) is 0.164. The number of likely N-dealkylation sites (tertiary alicyclic amines) is 1. The second-order valence-corrected chi connectivity index (χ2v) is 4.25. The average molecular weight is 188 g/mol. The van der Waals surface area contributed by atoms with Crippen LogP contribution in [0.5, 0.6) is 0 Å². The van der Waals surface area contributed by atoms with Crippen molar-refractivity contribution >= 4 is 11.6 Å². The van der Waals surface area contributed by atoms with E-state index in [0.717, 1.165) is 18.8 Å². The maximum absolute atomic E-state index is 11.8. The SMILES string of the molecule is CN1CC2(C1)C(=O)Nc1ccccc12. The molecular formula is C11H12N2O. The first-order valence-corrected chi connectivity index (χ1v) is 4.82. The number of rotatable bonds is 0. The highest BCUT2D eigenvalue weighted by molar-refractivity contribution is 6.07. The molecule has 2 aliphatic heterocycles. The highest BCUT2D eigenvalue weighted by Gasteiger charge is 2.53. The van der Waals surface area contributed by atoms with Crippen LogP contribution in [0.25, 0.3) is 0 Å². The molecule has 0 atom stereocenters. The van der Waals surface area contributed by atoms with Crippen LogP contribution >= 0.6 is 0 Å². The zero-order chi connectivity index (χ0) is 9.76. The van der Waals surface area contributed by atoms with Crippen molar-refractivity contribution in [1.29, 1.82) is 0 Å². The molecule has 1 amide bonds. The summed E-state index contributed by atoms with van der Waals surface area (Å²) < 4.78 is 0. The number of para-hydroxylation sites is 1. The number of anilines is 1. The first kappa shape index (κ1) is 8.00. The summed E-state index contributed by atoms with van der Waals surface area (Å²) in [5, 5.41) is 2.95. The highest BCUT2D eigenvalue weighted by atomic mass is 16.2.